The van der Waals surface area contributed by atoms with E-state index < -0.39 is 0 Å². The van der Waals surface area contributed by atoms with E-state index in [9.17, 15) is 0 Å². The van der Waals surface area contributed by atoms with Crippen molar-refractivity contribution in [1.82, 2.24) is 0 Å². The van der Waals surface area contributed by atoms with E-state index in [0.717, 1.165) is 33.6 Å². The maximum absolute atomic E-state index is 6.07. The smallest absolute Gasteiger partial charge is 0.0731 e. The highest BCUT2D eigenvalue weighted by Gasteiger charge is 2.19. The molecule has 1 rings (SSSR count). The van der Waals surface area contributed by atoms with E-state index in [4.69, 9.17) is 10.5 Å². The number of allylic oxidation sites excluding steroid dienone is 2. The minimum Gasteiger partial charge on any atom is -0.398 e. The van der Waals surface area contributed by atoms with Gasteiger partial charge in [-0.3, -0.25) is 0 Å². The lowest BCUT2D eigenvalue weighted by Gasteiger charge is -2.13. The predicted molar refractivity (Wildman–Crippen MR) is 75.7 cm³/mol. The molecule has 1 aliphatic heterocycles. The molecule has 0 saturated carbocycles. The van der Waals surface area contributed by atoms with Gasteiger partial charge >= 0.3 is 0 Å². The summed E-state index contributed by atoms with van der Waals surface area (Å²) < 4.78 is 5.35. The van der Waals surface area contributed by atoms with Gasteiger partial charge in [0, 0.05) is 11.3 Å². The first-order chi connectivity index (χ1) is 7.95. The molecule has 17 heavy (non-hydrogen) atoms. The third-order valence-corrected chi connectivity index (χ3v) is 2.49. The lowest BCUT2D eigenvalue weighted by atomic mass is 9.94. The van der Waals surface area contributed by atoms with Crippen molar-refractivity contribution in [3.05, 3.63) is 46.7 Å². The average Bonchev–Trinajstić information content (AvgIpc) is 2.67. The molecule has 1 heterocycles. The fraction of sp³-hybridized carbons (Fsp3) is 0.467. The summed E-state index contributed by atoms with van der Waals surface area (Å²) in [6, 6.07) is 0. The van der Waals surface area contributed by atoms with Crippen LogP contribution in [0.3, 0.4) is 0 Å². The highest BCUT2D eigenvalue weighted by molar-refractivity contribution is 5.54. The van der Waals surface area contributed by atoms with Crippen molar-refractivity contribution in [1.29, 1.82) is 0 Å². The van der Waals surface area contributed by atoms with E-state index >= 15 is 0 Å². The summed E-state index contributed by atoms with van der Waals surface area (Å²) in [6.07, 6.45) is 0. The monoisotopic (exact) mass is 235 g/mol. The summed E-state index contributed by atoms with van der Waals surface area (Å²) in [6.45, 7) is 19.1. The first-order valence-corrected chi connectivity index (χ1v) is 6.03. The Hall–Kier alpha value is -1.28. The lowest BCUT2D eigenvalue weighted by molar-refractivity contribution is 0.215. The zero-order chi connectivity index (χ0) is 13.6. The van der Waals surface area contributed by atoms with E-state index in [1.54, 1.807) is 0 Å². The predicted octanol–water partition coefficient (Wildman–Crippen LogP) is 3.72. The Kier molecular flexibility index (Phi) is 6.59. The molecule has 0 aromatic heterocycles. The van der Waals surface area contributed by atoms with Crippen LogP contribution in [0.15, 0.2) is 46.7 Å². The second-order valence-electron chi connectivity index (χ2n) is 4.14. The Labute approximate surface area is 106 Å². The van der Waals surface area contributed by atoms with Crippen LogP contribution in [0.4, 0.5) is 0 Å². The van der Waals surface area contributed by atoms with Crippen molar-refractivity contribution in [2.75, 3.05) is 13.2 Å². The van der Waals surface area contributed by atoms with Gasteiger partial charge in [-0.2, -0.15) is 0 Å². The van der Waals surface area contributed by atoms with Gasteiger partial charge in [0.2, 0.25) is 0 Å². The van der Waals surface area contributed by atoms with Crippen molar-refractivity contribution < 1.29 is 4.74 Å². The number of hydrogen-bond acceptors (Lipinski definition) is 2. The lowest BCUT2D eigenvalue weighted by Crippen LogP contribution is -2.08. The van der Waals surface area contributed by atoms with Gasteiger partial charge in [0.1, 0.15) is 0 Å². The van der Waals surface area contributed by atoms with Gasteiger partial charge in [-0.25, -0.2) is 0 Å². The minimum absolute atomic E-state index is 0.592. The van der Waals surface area contributed by atoms with E-state index in [-0.39, 0.29) is 0 Å². The minimum atomic E-state index is 0.592. The fourth-order valence-corrected chi connectivity index (χ4v) is 1.61. The summed E-state index contributed by atoms with van der Waals surface area (Å²) in [5.74, 6) is 0. The first kappa shape index (κ1) is 15.7. The molecule has 0 bridgehead atoms. The molecule has 0 aromatic carbocycles. The van der Waals surface area contributed by atoms with Gasteiger partial charge in [0.05, 0.1) is 13.2 Å². The molecule has 0 aliphatic carbocycles. The average molecular weight is 235 g/mol. The normalized spacial score (nSPS) is 17.1. The number of nitrogens with two attached hydrogens (primary N) is 1. The van der Waals surface area contributed by atoms with Gasteiger partial charge in [-0.05, 0) is 37.5 Å². The summed E-state index contributed by atoms with van der Waals surface area (Å²) in [5.41, 5.74) is 12.1. The molecule has 0 radical (unpaired) electrons. The maximum atomic E-state index is 6.07. The SMILES string of the molecule is C=C1COC/C1=C(\C(=C)C)C(N)=C(C)C.CC. The molecular weight excluding hydrogens is 210 g/mol. The van der Waals surface area contributed by atoms with Crippen LogP contribution in [0.2, 0.25) is 0 Å². The van der Waals surface area contributed by atoms with Crippen LogP contribution in [0.25, 0.3) is 0 Å². The van der Waals surface area contributed by atoms with E-state index in [0.29, 0.717) is 13.2 Å². The quantitative estimate of drug-likeness (QED) is 0.791. The molecular formula is C15H25NO. The van der Waals surface area contributed by atoms with Crippen LogP contribution >= 0.6 is 0 Å². The number of hydrogen-bond donors (Lipinski definition) is 1. The number of ether oxygens (including phenoxy) is 1. The van der Waals surface area contributed by atoms with Crippen molar-refractivity contribution >= 4 is 0 Å². The molecule has 2 heteroatoms. The van der Waals surface area contributed by atoms with Gasteiger partial charge in [0.15, 0.2) is 0 Å². The largest absolute Gasteiger partial charge is 0.398 e. The molecule has 96 valence electrons. The third-order valence-electron chi connectivity index (χ3n) is 2.49. The fourth-order valence-electron chi connectivity index (χ4n) is 1.61. The molecule has 0 atom stereocenters. The molecule has 2 N–H and O–H groups in total. The van der Waals surface area contributed by atoms with Gasteiger partial charge in [0.25, 0.3) is 0 Å². The molecule has 1 fully saturated rings. The summed E-state index contributed by atoms with van der Waals surface area (Å²) in [4.78, 5) is 0. The molecule has 0 amide bonds. The standard InChI is InChI=1S/C13H19NO.C2H6/c1-8(2)12(13(14)9(3)4)11-7-15-6-10(11)5;1-2/h1,5-7,14H2,2-4H3;1-2H3/b12-11-;. The van der Waals surface area contributed by atoms with Crippen LogP contribution in [0.1, 0.15) is 34.6 Å². The van der Waals surface area contributed by atoms with Crippen molar-refractivity contribution in [2.24, 2.45) is 5.73 Å². The van der Waals surface area contributed by atoms with Gasteiger partial charge < -0.3 is 10.5 Å². The Morgan fingerprint density at radius 3 is 2.00 bits per heavy atom. The van der Waals surface area contributed by atoms with Gasteiger partial charge in [-0.15, -0.1) is 0 Å². The summed E-state index contributed by atoms with van der Waals surface area (Å²) in [7, 11) is 0. The Morgan fingerprint density at radius 1 is 1.18 bits per heavy atom. The summed E-state index contributed by atoms with van der Waals surface area (Å²) in [5, 5.41) is 0. The van der Waals surface area contributed by atoms with Crippen molar-refractivity contribution in [3.63, 3.8) is 0 Å². The van der Waals surface area contributed by atoms with Crippen LogP contribution in [-0.2, 0) is 4.74 Å². The van der Waals surface area contributed by atoms with Crippen LogP contribution in [0.5, 0.6) is 0 Å². The van der Waals surface area contributed by atoms with Crippen LogP contribution in [0, 0.1) is 0 Å². The Balaban J connectivity index is 0.00000121. The molecule has 0 spiro atoms. The Bertz CT molecular complexity index is 368. The Morgan fingerprint density at radius 2 is 1.71 bits per heavy atom. The van der Waals surface area contributed by atoms with E-state index in [2.05, 4.69) is 13.2 Å². The molecule has 0 unspecified atom stereocenters. The number of rotatable bonds is 2. The highest BCUT2D eigenvalue weighted by atomic mass is 16.5. The second-order valence-corrected chi connectivity index (χ2v) is 4.14. The third kappa shape index (κ3) is 3.90. The maximum Gasteiger partial charge on any atom is 0.0731 e. The van der Waals surface area contributed by atoms with Crippen molar-refractivity contribution in [3.8, 4) is 0 Å². The summed E-state index contributed by atoms with van der Waals surface area (Å²) >= 11 is 0. The van der Waals surface area contributed by atoms with Gasteiger partial charge in [-0.1, -0.05) is 32.6 Å². The highest BCUT2D eigenvalue weighted by Crippen LogP contribution is 2.28. The zero-order valence-electron chi connectivity index (χ0n) is 11.8. The van der Waals surface area contributed by atoms with Crippen molar-refractivity contribution in [2.45, 2.75) is 34.6 Å². The zero-order valence-corrected chi connectivity index (χ0v) is 11.8. The van der Waals surface area contributed by atoms with Crippen LogP contribution in [-0.4, -0.2) is 13.2 Å². The molecule has 1 saturated heterocycles. The molecule has 0 aromatic rings. The first-order valence-electron chi connectivity index (χ1n) is 6.03. The van der Waals surface area contributed by atoms with E-state index in [1.165, 1.54) is 0 Å². The van der Waals surface area contributed by atoms with Crippen LogP contribution < -0.4 is 5.73 Å². The molecule has 1 aliphatic rings. The molecule has 2 nitrogen and oxygen atoms in total. The van der Waals surface area contributed by atoms with E-state index in [1.807, 2.05) is 34.6 Å². The second kappa shape index (κ2) is 7.13. The topological polar surface area (TPSA) is 35.2 Å².